The van der Waals surface area contributed by atoms with E-state index in [1.807, 2.05) is 0 Å². The first-order valence-electron chi connectivity index (χ1n) is 6.30. The zero-order valence-corrected chi connectivity index (χ0v) is 9.21. The summed E-state index contributed by atoms with van der Waals surface area (Å²) in [5, 5.41) is 3.47. The molecule has 2 heteroatoms. The Morgan fingerprint density at radius 2 is 1.71 bits per heavy atom. The summed E-state index contributed by atoms with van der Waals surface area (Å²) in [5.41, 5.74) is 0. The average Bonchev–Trinajstić information content (AvgIpc) is 2.95. The lowest BCUT2D eigenvalue weighted by atomic mass is 9.97. The smallest absolute Gasteiger partial charge is 0.0114 e. The molecular formula is C12H22N2. The quantitative estimate of drug-likeness (QED) is 0.734. The SMILES string of the molecule is CNC1CC2CCC(C1)N2CC1CC1. The molecule has 3 fully saturated rings. The standard InChI is InChI=1S/C12H22N2/c1-13-10-6-11-4-5-12(7-10)14(11)8-9-2-3-9/h9-13H,2-8H2,1H3. The van der Waals surface area contributed by atoms with E-state index in [1.54, 1.807) is 0 Å². The van der Waals surface area contributed by atoms with E-state index < -0.39 is 0 Å². The number of fused-ring (bicyclic) bond motifs is 2. The third-order valence-corrected chi connectivity index (χ3v) is 4.46. The molecule has 2 saturated heterocycles. The first-order chi connectivity index (χ1) is 6.86. The van der Waals surface area contributed by atoms with Gasteiger partial charge in [-0.25, -0.2) is 0 Å². The summed E-state index contributed by atoms with van der Waals surface area (Å²) >= 11 is 0. The molecule has 2 atom stereocenters. The van der Waals surface area contributed by atoms with Crippen LogP contribution in [0, 0.1) is 5.92 Å². The van der Waals surface area contributed by atoms with E-state index >= 15 is 0 Å². The maximum absolute atomic E-state index is 3.47. The summed E-state index contributed by atoms with van der Waals surface area (Å²) in [5.74, 6) is 1.07. The number of nitrogens with one attached hydrogen (secondary N) is 1. The van der Waals surface area contributed by atoms with Gasteiger partial charge in [0.15, 0.2) is 0 Å². The van der Waals surface area contributed by atoms with Gasteiger partial charge in [-0.15, -0.1) is 0 Å². The van der Waals surface area contributed by atoms with Gasteiger partial charge in [0.25, 0.3) is 0 Å². The second-order valence-electron chi connectivity index (χ2n) is 5.48. The van der Waals surface area contributed by atoms with Crippen molar-refractivity contribution in [3.63, 3.8) is 0 Å². The summed E-state index contributed by atoms with van der Waals surface area (Å²) in [6.45, 7) is 1.42. The lowest BCUT2D eigenvalue weighted by molar-refractivity contribution is 0.114. The van der Waals surface area contributed by atoms with Gasteiger partial charge in [-0.1, -0.05) is 0 Å². The van der Waals surface area contributed by atoms with Crippen LogP contribution in [0.2, 0.25) is 0 Å². The molecule has 2 nitrogen and oxygen atoms in total. The number of nitrogens with zero attached hydrogens (tertiary/aromatic N) is 1. The minimum atomic E-state index is 0.808. The number of rotatable bonds is 3. The Bertz CT molecular complexity index is 198. The van der Waals surface area contributed by atoms with Crippen LogP contribution in [0.4, 0.5) is 0 Å². The van der Waals surface area contributed by atoms with Gasteiger partial charge in [-0.3, -0.25) is 4.90 Å². The molecule has 0 aromatic rings. The van der Waals surface area contributed by atoms with E-state index in [2.05, 4.69) is 17.3 Å². The maximum atomic E-state index is 3.47. The summed E-state index contributed by atoms with van der Waals surface area (Å²) in [4.78, 5) is 2.84. The minimum absolute atomic E-state index is 0.808. The zero-order valence-electron chi connectivity index (χ0n) is 9.21. The minimum Gasteiger partial charge on any atom is -0.317 e. The first kappa shape index (κ1) is 9.17. The van der Waals surface area contributed by atoms with Gasteiger partial charge in [0.1, 0.15) is 0 Å². The van der Waals surface area contributed by atoms with Crippen molar-refractivity contribution in [1.29, 1.82) is 0 Å². The van der Waals surface area contributed by atoms with E-state index in [9.17, 15) is 0 Å². The molecule has 2 unspecified atom stereocenters. The highest BCUT2D eigenvalue weighted by atomic mass is 15.2. The molecule has 14 heavy (non-hydrogen) atoms. The van der Waals surface area contributed by atoms with Crippen molar-refractivity contribution in [1.82, 2.24) is 10.2 Å². The molecule has 2 bridgehead atoms. The van der Waals surface area contributed by atoms with E-state index in [-0.39, 0.29) is 0 Å². The third-order valence-electron chi connectivity index (χ3n) is 4.46. The second kappa shape index (κ2) is 3.49. The molecule has 3 aliphatic rings. The molecule has 0 spiro atoms. The second-order valence-corrected chi connectivity index (χ2v) is 5.48. The van der Waals surface area contributed by atoms with Crippen molar-refractivity contribution in [3.05, 3.63) is 0 Å². The van der Waals surface area contributed by atoms with Crippen molar-refractivity contribution in [2.75, 3.05) is 13.6 Å². The van der Waals surface area contributed by atoms with E-state index in [1.165, 1.54) is 45.1 Å². The Hall–Kier alpha value is -0.0800. The molecule has 2 aliphatic heterocycles. The molecule has 1 saturated carbocycles. The molecule has 2 heterocycles. The lowest BCUT2D eigenvalue weighted by Gasteiger charge is -2.39. The van der Waals surface area contributed by atoms with Crippen LogP contribution in [0.3, 0.4) is 0 Å². The van der Waals surface area contributed by atoms with Crippen LogP contribution in [0.5, 0.6) is 0 Å². The largest absolute Gasteiger partial charge is 0.317 e. The van der Waals surface area contributed by atoms with Crippen LogP contribution in [-0.2, 0) is 0 Å². The summed E-state index contributed by atoms with van der Waals surface area (Å²) < 4.78 is 0. The molecule has 80 valence electrons. The summed E-state index contributed by atoms with van der Waals surface area (Å²) in [6, 6.07) is 2.65. The van der Waals surface area contributed by atoms with Crippen molar-refractivity contribution in [2.24, 2.45) is 5.92 Å². The van der Waals surface area contributed by atoms with Crippen LogP contribution in [0.25, 0.3) is 0 Å². The van der Waals surface area contributed by atoms with E-state index in [0.29, 0.717) is 0 Å². The van der Waals surface area contributed by atoms with Gasteiger partial charge < -0.3 is 5.32 Å². The van der Waals surface area contributed by atoms with Crippen molar-refractivity contribution < 1.29 is 0 Å². The Morgan fingerprint density at radius 1 is 1.07 bits per heavy atom. The first-order valence-corrected chi connectivity index (χ1v) is 6.30. The molecular weight excluding hydrogens is 172 g/mol. The molecule has 1 aliphatic carbocycles. The van der Waals surface area contributed by atoms with Crippen LogP contribution in [0.15, 0.2) is 0 Å². The summed E-state index contributed by atoms with van der Waals surface area (Å²) in [7, 11) is 2.13. The topological polar surface area (TPSA) is 15.3 Å². The van der Waals surface area contributed by atoms with Crippen LogP contribution >= 0.6 is 0 Å². The highest BCUT2D eigenvalue weighted by Gasteiger charge is 2.41. The van der Waals surface area contributed by atoms with Gasteiger partial charge in [0, 0.05) is 24.7 Å². The number of piperidine rings is 1. The number of hydrogen-bond acceptors (Lipinski definition) is 2. The fourth-order valence-electron chi connectivity index (χ4n) is 3.41. The van der Waals surface area contributed by atoms with Crippen molar-refractivity contribution in [2.45, 2.75) is 56.7 Å². The molecule has 0 amide bonds. The van der Waals surface area contributed by atoms with Crippen molar-refractivity contribution >= 4 is 0 Å². The fraction of sp³-hybridized carbons (Fsp3) is 1.00. The average molecular weight is 194 g/mol. The number of hydrogen-bond donors (Lipinski definition) is 1. The van der Waals surface area contributed by atoms with Crippen LogP contribution in [0.1, 0.15) is 38.5 Å². The normalized spacial score (nSPS) is 43.1. The van der Waals surface area contributed by atoms with Crippen molar-refractivity contribution in [3.8, 4) is 0 Å². The lowest BCUT2D eigenvalue weighted by Crippen LogP contribution is -2.48. The third kappa shape index (κ3) is 1.59. The molecule has 1 N–H and O–H groups in total. The van der Waals surface area contributed by atoms with Gasteiger partial charge in [0.2, 0.25) is 0 Å². The Labute approximate surface area is 87.0 Å². The molecule has 0 aromatic carbocycles. The van der Waals surface area contributed by atoms with Crippen LogP contribution in [-0.4, -0.2) is 36.6 Å². The van der Waals surface area contributed by atoms with Gasteiger partial charge in [0.05, 0.1) is 0 Å². The van der Waals surface area contributed by atoms with Crippen LogP contribution < -0.4 is 5.32 Å². The molecule has 3 rings (SSSR count). The predicted octanol–water partition coefficient (Wildman–Crippen LogP) is 1.61. The van der Waals surface area contributed by atoms with E-state index in [0.717, 1.165) is 24.0 Å². The maximum Gasteiger partial charge on any atom is 0.0114 e. The summed E-state index contributed by atoms with van der Waals surface area (Å²) in [6.07, 6.45) is 8.75. The fourth-order valence-corrected chi connectivity index (χ4v) is 3.41. The van der Waals surface area contributed by atoms with Gasteiger partial charge >= 0.3 is 0 Å². The molecule has 0 radical (unpaired) electrons. The van der Waals surface area contributed by atoms with E-state index in [4.69, 9.17) is 0 Å². The Kier molecular flexibility index (Phi) is 2.29. The Balaban J connectivity index is 1.64. The van der Waals surface area contributed by atoms with Gasteiger partial charge in [-0.05, 0) is 51.5 Å². The molecule has 0 aromatic heterocycles. The Morgan fingerprint density at radius 3 is 2.21 bits per heavy atom. The van der Waals surface area contributed by atoms with Gasteiger partial charge in [-0.2, -0.15) is 0 Å². The zero-order chi connectivity index (χ0) is 9.54. The highest BCUT2D eigenvalue weighted by Crippen LogP contribution is 2.39. The monoisotopic (exact) mass is 194 g/mol. The highest BCUT2D eigenvalue weighted by molar-refractivity contribution is 4.98. The predicted molar refractivity (Wildman–Crippen MR) is 58.3 cm³/mol.